The van der Waals surface area contributed by atoms with Gasteiger partial charge in [0.15, 0.2) is 0 Å². The van der Waals surface area contributed by atoms with Crippen molar-refractivity contribution in [3.8, 4) is 0 Å². The number of benzene rings is 3. The van der Waals surface area contributed by atoms with Crippen LogP contribution in [0.4, 0.5) is 0 Å². The summed E-state index contributed by atoms with van der Waals surface area (Å²) >= 11 is 11.3. The number of hydrogen-bond acceptors (Lipinski definition) is 3. The van der Waals surface area contributed by atoms with Gasteiger partial charge in [-0.15, -0.1) is 11.8 Å². The van der Waals surface area contributed by atoms with Crippen molar-refractivity contribution in [3.63, 3.8) is 0 Å². The van der Waals surface area contributed by atoms with Crippen LogP contribution in [0.15, 0.2) is 83.3 Å². The fourth-order valence-electron chi connectivity index (χ4n) is 3.77. The maximum Gasteiger partial charge on any atom is 0.243 e. The second-order valence-corrected chi connectivity index (χ2v) is 11.1. The molecule has 0 saturated carbocycles. The first-order valence-corrected chi connectivity index (χ1v) is 14.4. The Balaban J connectivity index is 1.86. The zero-order valence-electron chi connectivity index (χ0n) is 20.6. The van der Waals surface area contributed by atoms with Gasteiger partial charge >= 0.3 is 0 Å². The van der Waals surface area contributed by atoms with E-state index in [9.17, 15) is 9.59 Å². The van der Waals surface area contributed by atoms with Crippen LogP contribution >= 0.6 is 39.3 Å². The summed E-state index contributed by atoms with van der Waals surface area (Å²) in [7, 11) is 0. The molecular weight excluding hydrogens is 556 g/mol. The van der Waals surface area contributed by atoms with E-state index in [1.807, 2.05) is 92.7 Å². The Bertz CT molecular complexity index is 1140. The Morgan fingerprint density at radius 1 is 1.00 bits per heavy atom. The topological polar surface area (TPSA) is 49.4 Å². The van der Waals surface area contributed by atoms with Crippen molar-refractivity contribution in [2.24, 2.45) is 0 Å². The van der Waals surface area contributed by atoms with Crippen molar-refractivity contribution in [2.75, 3.05) is 5.75 Å². The molecule has 2 amide bonds. The first kappa shape index (κ1) is 28.3. The third-order valence-corrected chi connectivity index (χ3v) is 7.78. The highest BCUT2D eigenvalue weighted by atomic mass is 79.9. The number of thioether (sulfide) groups is 1. The fraction of sp³-hybridized carbons (Fsp3) is 0.310. The summed E-state index contributed by atoms with van der Waals surface area (Å²) < 4.78 is 0.934. The highest BCUT2D eigenvalue weighted by molar-refractivity contribution is 9.10. The molecule has 0 heterocycles. The fourth-order valence-corrected chi connectivity index (χ4v) is 5.42. The van der Waals surface area contributed by atoms with Crippen molar-refractivity contribution >= 4 is 51.1 Å². The lowest BCUT2D eigenvalue weighted by Crippen LogP contribution is -2.52. The van der Waals surface area contributed by atoms with Gasteiger partial charge in [0.1, 0.15) is 6.04 Å². The van der Waals surface area contributed by atoms with Crippen molar-refractivity contribution in [1.29, 1.82) is 0 Å². The van der Waals surface area contributed by atoms with Crippen LogP contribution in [-0.2, 0) is 28.3 Å². The maximum atomic E-state index is 13.7. The van der Waals surface area contributed by atoms with Crippen LogP contribution in [0.5, 0.6) is 0 Å². The second-order valence-electron chi connectivity index (χ2n) is 8.76. The first-order valence-electron chi connectivity index (χ1n) is 12.1. The van der Waals surface area contributed by atoms with E-state index in [2.05, 4.69) is 21.2 Å². The Morgan fingerprint density at radius 2 is 1.69 bits per heavy atom. The molecule has 3 aromatic rings. The number of nitrogens with zero attached hydrogens (tertiary/aromatic N) is 1. The Morgan fingerprint density at radius 3 is 2.39 bits per heavy atom. The summed E-state index contributed by atoms with van der Waals surface area (Å²) in [6.45, 7) is 4.36. The van der Waals surface area contributed by atoms with Gasteiger partial charge in [-0.25, -0.2) is 0 Å². The minimum Gasteiger partial charge on any atom is -0.352 e. The Hall–Kier alpha value is -2.28. The van der Waals surface area contributed by atoms with Crippen LogP contribution in [0.25, 0.3) is 0 Å². The summed E-state index contributed by atoms with van der Waals surface area (Å²) in [5, 5.41) is 3.80. The van der Waals surface area contributed by atoms with Gasteiger partial charge in [0, 0.05) is 34.3 Å². The van der Waals surface area contributed by atoms with E-state index in [0.717, 1.165) is 27.6 Å². The van der Waals surface area contributed by atoms with Gasteiger partial charge in [0.25, 0.3) is 0 Å². The van der Waals surface area contributed by atoms with Gasteiger partial charge in [-0.1, -0.05) is 95.1 Å². The molecule has 0 aliphatic rings. The van der Waals surface area contributed by atoms with E-state index in [1.54, 1.807) is 4.90 Å². The van der Waals surface area contributed by atoms with Crippen LogP contribution < -0.4 is 5.32 Å². The Kier molecular flexibility index (Phi) is 11.4. The number of amides is 2. The minimum absolute atomic E-state index is 0.0215. The average molecular weight is 588 g/mol. The summed E-state index contributed by atoms with van der Waals surface area (Å²) in [6, 6.07) is 24.8. The molecule has 0 bridgehead atoms. The van der Waals surface area contributed by atoms with Crippen molar-refractivity contribution < 1.29 is 9.59 Å². The number of carbonyl (C=O) groups excluding carboxylic acids is 2. The highest BCUT2D eigenvalue weighted by Gasteiger charge is 2.31. The van der Waals surface area contributed by atoms with E-state index in [1.165, 1.54) is 11.8 Å². The van der Waals surface area contributed by atoms with Gasteiger partial charge in [0.05, 0.1) is 5.75 Å². The molecule has 7 heteroatoms. The summed E-state index contributed by atoms with van der Waals surface area (Å²) in [5.74, 6) is 0.666. The number of rotatable bonds is 12. The zero-order chi connectivity index (χ0) is 25.9. The molecule has 3 aromatic carbocycles. The standard InChI is InChI=1S/C29H32BrClN2O2S/c1-3-21(2)32-29(35)27(17-22-10-5-4-6-11-22)33(18-23-12-9-14-25(30)16-23)28(34)20-36-19-24-13-7-8-15-26(24)31/h4-16,21,27H,3,17-20H2,1-2H3,(H,32,35)/t21-,27-/m1/s1. The number of hydrogen-bond donors (Lipinski definition) is 1. The predicted molar refractivity (Wildman–Crippen MR) is 154 cm³/mol. The van der Waals surface area contributed by atoms with Crippen LogP contribution in [0.1, 0.15) is 37.0 Å². The lowest BCUT2D eigenvalue weighted by atomic mass is 10.0. The molecule has 0 unspecified atom stereocenters. The van der Waals surface area contributed by atoms with Gasteiger partial charge < -0.3 is 10.2 Å². The molecule has 2 atom stereocenters. The molecule has 0 radical (unpaired) electrons. The molecule has 1 N–H and O–H groups in total. The normalized spacial score (nSPS) is 12.6. The highest BCUT2D eigenvalue weighted by Crippen LogP contribution is 2.23. The van der Waals surface area contributed by atoms with Crippen molar-refractivity contribution in [3.05, 3.63) is 105 Å². The van der Waals surface area contributed by atoms with Crippen LogP contribution in [0.2, 0.25) is 5.02 Å². The molecule has 4 nitrogen and oxygen atoms in total. The molecule has 0 aliphatic heterocycles. The van der Waals surface area contributed by atoms with Crippen LogP contribution in [0, 0.1) is 0 Å². The monoisotopic (exact) mass is 586 g/mol. The SMILES string of the molecule is CC[C@@H](C)NC(=O)[C@@H](Cc1ccccc1)N(Cc1cccc(Br)c1)C(=O)CSCc1ccccc1Cl. The van der Waals surface area contributed by atoms with Crippen molar-refractivity contribution in [1.82, 2.24) is 10.2 Å². The second kappa shape index (κ2) is 14.5. The molecule has 0 spiro atoms. The number of carbonyl (C=O) groups is 2. The Labute approximate surface area is 231 Å². The first-order chi connectivity index (χ1) is 17.4. The van der Waals surface area contributed by atoms with Crippen molar-refractivity contribution in [2.45, 2.75) is 51.1 Å². The van der Waals surface area contributed by atoms with E-state index < -0.39 is 6.04 Å². The summed E-state index contributed by atoms with van der Waals surface area (Å²) in [4.78, 5) is 28.9. The third-order valence-electron chi connectivity index (χ3n) is 5.96. The van der Waals surface area contributed by atoms with E-state index >= 15 is 0 Å². The number of halogens is 2. The number of nitrogens with one attached hydrogen (secondary N) is 1. The molecule has 0 saturated heterocycles. The predicted octanol–water partition coefficient (Wildman–Crippen LogP) is 6.89. The molecule has 36 heavy (non-hydrogen) atoms. The molecule has 3 rings (SSSR count). The molecule has 0 aliphatic carbocycles. The third kappa shape index (κ3) is 8.68. The lowest BCUT2D eigenvalue weighted by molar-refractivity contribution is -0.139. The van der Waals surface area contributed by atoms with E-state index in [4.69, 9.17) is 11.6 Å². The molecule has 0 fully saturated rings. The van der Waals surface area contributed by atoms with Gasteiger partial charge in [-0.3, -0.25) is 9.59 Å². The average Bonchev–Trinajstić information content (AvgIpc) is 2.87. The summed E-state index contributed by atoms with van der Waals surface area (Å²) in [6.07, 6.45) is 1.26. The smallest absolute Gasteiger partial charge is 0.243 e. The zero-order valence-corrected chi connectivity index (χ0v) is 23.8. The van der Waals surface area contributed by atoms with Gasteiger partial charge in [-0.2, -0.15) is 0 Å². The molecular formula is C29H32BrClN2O2S. The molecule has 190 valence electrons. The van der Waals surface area contributed by atoms with Crippen LogP contribution in [0.3, 0.4) is 0 Å². The largest absolute Gasteiger partial charge is 0.352 e. The quantitative estimate of drug-likeness (QED) is 0.251. The van der Waals surface area contributed by atoms with Crippen LogP contribution in [-0.4, -0.2) is 34.6 Å². The van der Waals surface area contributed by atoms with Gasteiger partial charge in [-0.05, 0) is 48.2 Å². The maximum absolute atomic E-state index is 13.7. The van der Waals surface area contributed by atoms with Gasteiger partial charge in [0.2, 0.25) is 11.8 Å². The summed E-state index contributed by atoms with van der Waals surface area (Å²) in [5.41, 5.74) is 2.96. The van der Waals surface area contributed by atoms with E-state index in [-0.39, 0.29) is 23.6 Å². The molecule has 0 aromatic heterocycles. The lowest BCUT2D eigenvalue weighted by Gasteiger charge is -2.32. The minimum atomic E-state index is -0.631. The van der Waals surface area contributed by atoms with E-state index in [0.29, 0.717) is 23.7 Å².